The molecule has 6 heteroatoms. The number of carbonyl (C=O) groups is 2. The minimum atomic E-state index is -0.681. The molecule has 0 spiro atoms. The van der Waals surface area contributed by atoms with Gasteiger partial charge in [-0.1, -0.05) is 0 Å². The van der Waals surface area contributed by atoms with Crippen LogP contribution in [0.1, 0.15) is 43.4 Å². The van der Waals surface area contributed by atoms with Crippen molar-refractivity contribution in [3.63, 3.8) is 0 Å². The van der Waals surface area contributed by atoms with Gasteiger partial charge >= 0.3 is 0 Å². The standard InChI is InChI=1S/C19H24N2O4/c1-19-7-4-5-17(22)21(19)11-14-13-10-16(25-3)15(24-2)9-12(13)6-8-20(14)18(19)23/h9-10,14H,4-8,11H2,1-3H3/t14-,19+/m1/s1. The van der Waals surface area contributed by atoms with Crippen LogP contribution in [0.15, 0.2) is 12.1 Å². The molecular weight excluding hydrogens is 320 g/mol. The second kappa shape index (κ2) is 5.64. The number of carbonyl (C=O) groups excluding carboxylic acids is 2. The number of nitrogens with zero attached hydrogens (tertiary/aromatic N) is 2. The zero-order valence-electron chi connectivity index (χ0n) is 15.0. The maximum absolute atomic E-state index is 13.2. The SMILES string of the molecule is COc1cc2c(cc1OC)[C@H]1CN3C(=O)CCC[C@@]3(C)C(=O)N1CC2. The van der Waals surface area contributed by atoms with Gasteiger partial charge in [-0.2, -0.15) is 0 Å². The summed E-state index contributed by atoms with van der Waals surface area (Å²) in [7, 11) is 3.24. The molecule has 4 rings (SSSR count). The van der Waals surface area contributed by atoms with Gasteiger partial charge in [0.2, 0.25) is 11.8 Å². The number of piperidine rings is 1. The van der Waals surface area contributed by atoms with Gasteiger partial charge in [0, 0.05) is 19.5 Å². The molecule has 6 nitrogen and oxygen atoms in total. The van der Waals surface area contributed by atoms with Gasteiger partial charge in [0.25, 0.3) is 0 Å². The van der Waals surface area contributed by atoms with E-state index < -0.39 is 5.54 Å². The normalized spacial score (nSPS) is 28.2. The molecule has 0 saturated carbocycles. The second-order valence-corrected chi connectivity index (χ2v) is 7.30. The number of hydrogen-bond acceptors (Lipinski definition) is 4. The van der Waals surface area contributed by atoms with Gasteiger partial charge in [-0.05, 0) is 49.4 Å². The van der Waals surface area contributed by atoms with Crippen LogP contribution < -0.4 is 9.47 Å². The Morgan fingerprint density at radius 1 is 1.12 bits per heavy atom. The predicted molar refractivity (Wildman–Crippen MR) is 91.7 cm³/mol. The Hall–Kier alpha value is -2.24. The van der Waals surface area contributed by atoms with E-state index in [-0.39, 0.29) is 17.9 Å². The lowest BCUT2D eigenvalue weighted by Crippen LogP contribution is -2.68. The predicted octanol–water partition coefficient (Wildman–Crippen LogP) is 1.91. The smallest absolute Gasteiger partial charge is 0.248 e. The highest BCUT2D eigenvalue weighted by Crippen LogP contribution is 2.44. The largest absolute Gasteiger partial charge is 0.493 e. The summed E-state index contributed by atoms with van der Waals surface area (Å²) in [6, 6.07) is 3.86. The summed E-state index contributed by atoms with van der Waals surface area (Å²) in [6.07, 6.45) is 2.87. The highest BCUT2D eigenvalue weighted by Gasteiger charge is 2.53. The summed E-state index contributed by atoms with van der Waals surface area (Å²) in [5, 5.41) is 0. The maximum Gasteiger partial charge on any atom is 0.248 e. The van der Waals surface area contributed by atoms with Crippen molar-refractivity contribution in [3.05, 3.63) is 23.3 Å². The molecule has 0 N–H and O–H groups in total. The summed E-state index contributed by atoms with van der Waals surface area (Å²) in [5.41, 5.74) is 1.55. The van der Waals surface area contributed by atoms with E-state index in [4.69, 9.17) is 9.47 Å². The molecule has 0 unspecified atom stereocenters. The van der Waals surface area contributed by atoms with E-state index in [1.54, 1.807) is 14.2 Å². The van der Waals surface area contributed by atoms with E-state index in [9.17, 15) is 9.59 Å². The van der Waals surface area contributed by atoms with E-state index in [2.05, 4.69) is 0 Å². The van der Waals surface area contributed by atoms with Crippen LogP contribution in [-0.4, -0.2) is 54.5 Å². The molecule has 3 heterocycles. The molecule has 2 amide bonds. The average molecular weight is 344 g/mol. The van der Waals surface area contributed by atoms with Gasteiger partial charge < -0.3 is 19.3 Å². The number of amides is 2. The molecule has 25 heavy (non-hydrogen) atoms. The molecule has 3 aliphatic rings. The van der Waals surface area contributed by atoms with Gasteiger partial charge in [0.1, 0.15) is 5.54 Å². The summed E-state index contributed by atoms with van der Waals surface area (Å²) in [6.45, 7) is 3.17. The molecule has 2 saturated heterocycles. The number of rotatable bonds is 2. The van der Waals surface area contributed by atoms with Crippen molar-refractivity contribution < 1.29 is 19.1 Å². The number of fused-ring (bicyclic) bond motifs is 4. The van der Waals surface area contributed by atoms with Crippen molar-refractivity contribution in [1.82, 2.24) is 9.80 Å². The Morgan fingerprint density at radius 3 is 2.56 bits per heavy atom. The lowest BCUT2D eigenvalue weighted by atomic mass is 9.80. The number of hydrogen-bond donors (Lipinski definition) is 0. The quantitative estimate of drug-likeness (QED) is 0.822. The Labute approximate surface area is 147 Å². The molecule has 1 aromatic rings. The molecule has 0 radical (unpaired) electrons. The van der Waals surface area contributed by atoms with Crippen molar-refractivity contribution >= 4 is 11.8 Å². The molecule has 2 atom stereocenters. The number of piperazine rings is 1. The van der Waals surface area contributed by atoms with E-state index in [0.29, 0.717) is 31.0 Å². The molecule has 3 aliphatic heterocycles. The molecule has 0 aliphatic carbocycles. The van der Waals surface area contributed by atoms with Gasteiger partial charge in [-0.25, -0.2) is 0 Å². The van der Waals surface area contributed by atoms with E-state index >= 15 is 0 Å². The Balaban J connectivity index is 1.78. The molecular formula is C19H24N2O4. The number of benzene rings is 1. The Bertz CT molecular complexity index is 747. The molecule has 2 fully saturated rings. The van der Waals surface area contributed by atoms with E-state index in [1.165, 1.54) is 5.56 Å². The first-order valence-corrected chi connectivity index (χ1v) is 8.86. The van der Waals surface area contributed by atoms with Gasteiger partial charge in [-0.15, -0.1) is 0 Å². The van der Waals surface area contributed by atoms with Crippen LogP contribution in [0.3, 0.4) is 0 Å². The van der Waals surface area contributed by atoms with Crippen LogP contribution in [-0.2, 0) is 16.0 Å². The minimum absolute atomic E-state index is 0.0808. The van der Waals surface area contributed by atoms with Crippen LogP contribution in [0.25, 0.3) is 0 Å². The highest BCUT2D eigenvalue weighted by molar-refractivity contribution is 5.94. The number of methoxy groups -OCH3 is 2. The van der Waals surface area contributed by atoms with Crippen molar-refractivity contribution in [3.8, 4) is 11.5 Å². The molecule has 0 bridgehead atoms. The van der Waals surface area contributed by atoms with Crippen LogP contribution in [0.4, 0.5) is 0 Å². The fourth-order valence-corrected chi connectivity index (χ4v) is 4.61. The first-order valence-electron chi connectivity index (χ1n) is 8.86. The first-order chi connectivity index (χ1) is 12.0. The van der Waals surface area contributed by atoms with Crippen LogP contribution >= 0.6 is 0 Å². The lowest BCUT2D eigenvalue weighted by Gasteiger charge is -2.55. The molecule has 0 aromatic heterocycles. The first kappa shape index (κ1) is 16.2. The monoisotopic (exact) mass is 344 g/mol. The van der Waals surface area contributed by atoms with Crippen molar-refractivity contribution in [2.24, 2.45) is 0 Å². The molecule has 134 valence electrons. The number of ether oxygens (including phenoxy) is 2. The maximum atomic E-state index is 13.2. The second-order valence-electron chi connectivity index (χ2n) is 7.30. The zero-order chi connectivity index (χ0) is 17.8. The van der Waals surface area contributed by atoms with Crippen molar-refractivity contribution in [1.29, 1.82) is 0 Å². The Morgan fingerprint density at radius 2 is 1.84 bits per heavy atom. The summed E-state index contributed by atoms with van der Waals surface area (Å²) >= 11 is 0. The summed E-state index contributed by atoms with van der Waals surface area (Å²) < 4.78 is 10.9. The van der Waals surface area contributed by atoms with Gasteiger partial charge in [0.15, 0.2) is 11.5 Å². The topological polar surface area (TPSA) is 59.1 Å². The minimum Gasteiger partial charge on any atom is -0.493 e. The molecule has 1 aromatic carbocycles. The fourth-order valence-electron chi connectivity index (χ4n) is 4.61. The lowest BCUT2D eigenvalue weighted by molar-refractivity contribution is -0.169. The third kappa shape index (κ3) is 2.23. The zero-order valence-corrected chi connectivity index (χ0v) is 15.0. The van der Waals surface area contributed by atoms with Crippen LogP contribution in [0.2, 0.25) is 0 Å². The van der Waals surface area contributed by atoms with Crippen LogP contribution in [0.5, 0.6) is 11.5 Å². The van der Waals surface area contributed by atoms with Gasteiger partial charge in [0.05, 0.1) is 20.3 Å². The average Bonchev–Trinajstić information content (AvgIpc) is 2.62. The van der Waals surface area contributed by atoms with E-state index in [0.717, 1.165) is 24.8 Å². The fraction of sp³-hybridized carbons (Fsp3) is 0.579. The highest BCUT2D eigenvalue weighted by atomic mass is 16.5. The Kier molecular flexibility index (Phi) is 3.67. The van der Waals surface area contributed by atoms with E-state index in [1.807, 2.05) is 28.9 Å². The third-order valence-electron chi connectivity index (χ3n) is 6.03. The van der Waals surface area contributed by atoms with Crippen molar-refractivity contribution in [2.45, 2.75) is 44.2 Å². The third-order valence-corrected chi connectivity index (χ3v) is 6.03. The van der Waals surface area contributed by atoms with Gasteiger partial charge in [-0.3, -0.25) is 9.59 Å². The summed E-state index contributed by atoms with van der Waals surface area (Å²) in [4.78, 5) is 29.5. The van der Waals surface area contributed by atoms with Crippen LogP contribution in [0, 0.1) is 0 Å². The summed E-state index contributed by atoms with van der Waals surface area (Å²) in [5.74, 6) is 1.54. The van der Waals surface area contributed by atoms with Crippen molar-refractivity contribution in [2.75, 3.05) is 27.3 Å².